The first-order valence-corrected chi connectivity index (χ1v) is 5.64. The minimum Gasteiger partial charge on any atom is -0.480 e. The third-order valence-electron chi connectivity index (χ3n) is 1.92. The summed E-state index contributed by atoms with van der Waals surface area (Å²) in [5, 5.41) is 8.14. The molecule has 0 saturated heterocycles. The van der Waals surface area contributed by atoms with Crippen LogP contribution in [0.15, 0.2) is 23.4 Å². The smallest absolute Gasteiger partial charge is 0.417 e. The lowest BCUT2D eigenvalue weighted by atomic mass is 10.3. The first-order chi connectivity index (χ1) is 8.34. The van der Waals surface area contributed by atoms with Gasteiger partial charge >= 0.3 is 12.1 Å². The number of nitrogens with zero attached hydrogens (tertiary/aromatic N) is 1. The fraction of sp³-hybridized carbons (Fsp3) is 0.400. The van der Waals surface area contributed by atoms with Crippen molar-refractivity contribution in [3.63, 3.8) is 0 Å². The van der Waals surface area contributed by atoms with E-state index in [2.05, 4.69) is 4.98 Å². The van der Waals surface area contributed by atoms with Gasteiger partial charge < -0.3 is 9.84 Å². The molecule has 1 N–H and O–H groups in total. The molecule has 0 saturated carbocycles. The van der Waals surface area contributed by atoms with Crippen molar-refractivity contribution < 1.29 is 27.8 Å². The molecule has 0 aliphatic heterocycles. The third-order valence-corrected chi connectivity index (χ3v) is 3.03. The van der Waals surface area contributed by atoms with E-state index in [1.165, 1.54) is 7.11 Å². The molecule has 1 atom stereocenters. The number of pyridine rings is 1. The molecule has 1 unspecified atom stereocenters. The summed E-state index contributed by atoms with van der Waals surface area (Å²) in [4.78, 5) is 14.4. The summed E-state index contributed by atoms with van der Waals surface area (Å²) < 4.78 is 41.5. The molecule has 100 valence electrons. The summed E-state index contributed by atoms with van der Waals surface area (Å²) in [7, 11) is 1.34. The maximum absolute atomic E-state index is 12.3. The van der Waals surface area contributed by atoms with Crippen molar-refractivity contribution in [3.05, 3.63) is 23.9 Å². The second-order valence-electron chi connectivity index (χ2n) is 3.28. The number of hydrogen-bond donors (Lipinski definition) is 1. The van der Waals surface area contributed by atoms with E-state index in [0.717, 1.165) is 23.9 Å². The zero-order chi connectivity index (χ0) is 13.8. The molecule has 1 aromatic heterocycles. The van der Waals surface area contributed by atoms with Gasteiger partial charge in [-0.2, -0.15) is 13.2 Å². The lowest BCUT2D eigenvalue weighted by Gasteiger charge is -2.11. The average molecular weight is 281 g/mol. The first-order valence-electron chi connectivity index (χ1n) is 4.76. The number of thioether (sulfide) groups is 1. The van der Waals surface area contributed by atoms with Crippen LogP contribution in [0.25, 0.3) is 0 Å². The van der Waals surface area contributed by atoms with E-state index in [1.54, 1.807) is 0 Å². The summed E-state index contributed by atoms with van der Waals surface area (Å²) in [6, 6.07) is 2.00. The molecule has 0 fully saturated rings. The summed E-state index contributed by atoms with van der Waals surface area (Å²) in [6.45, 7) is -0.0529. The number of halogens is 3. The van der Waals surface area contributed by atoms with Crippen LogP contribution in [0.2, 0.25) is 0 Å². The van der Waals surface area contributed by atoms with Crippen LogP contribution in [-0.4, -0.2) is 35.0 Å². The monoisotopic (exact) mass is 281 g/mol. The Morgan fingerprint density at radius 3 is 2.61 bits per heavy atom. The molecule has 18 heavy (non-hydrogen) atoms. The van der Waals surface area contributed by atoms with Gasteiger partial charge in [-0.25, -0.2) is 4.98 Å². The number of methoxy groups -OCH3 is 1. The predicted molar refractivity (Wildman–Crippen MR) is 58.4 cm³/mol. The Hall–Kier alpha value is -1.28. The van der Waals surface area contributed by atoms with E-state index in [1.807, 2.05) is 0 Å². The predicted octanol–water partition coefficient (Wildman–Crippen LogP) is 2.29. The van der Waals surface area contributed by atoms with Crippen LogP contribution in [0.5, 0.6) is 0 Å². The van der Waals surface area contributed by atoms with Crippen molar-refractivity contribution in [2.75, 3.05) is 13.7 Å². The van der Waals surface area contributed by atoms with Crippen LogP contribution in [0.4, 0.5) is 13.2 Å². The Labute approximate surface area is 105 Å². The minimum absolute atomic E-state index is 0.0529. The average Bonchev–Trinajstić information content (AvgIpc) is 2.28. The Bertz CT molecular complexity index is 408. The minimum atomic E-state index is -4.45. The van der Waals surface area contributed by atoms with E-state index < -0.39 is 23.0 Å². The van der Waals surface area contributed by atoms with E-state index in [4.69, 9.17) is 9.84 Å². The van der Waals surface area contributed by atoms with Gasteiger partial charge in [0.05, 0.1) is 17.2 Å². The summed E-state index contributed by atoms with van der Waals surface area (Å²) in [5.41, 5.74) is -0.870. The van der Waals surface area contributed by atoms with Gasteiger partial charge in [0.25, 0.3) is 0 Å². The molecule has 0 bridgehead atoms. The van der Waals surface area contributed by atoms with Gasteiger partial charge in [0, 0.05) is 13.3 Å². The van der Waals surface area contributed by atoms with Crippen LogP contribution in [-0.2, 0) is 15.7 Å². The Balaban J connectivity index is 2.76. The second-order valence-corrected chi connectivity index (χ2v) is 4.51. The highest BCUT2D eigenvalue weighted by atomic mass is 32.2. The van der Waals surface area contributed by atoms with Gasteiger partial charge in [0.1, 0.15) is 5.25 Å². The van der Waals surface area contributed by atoms with E-state index in [0.29, 0.717) is 6.20 Å². The fourth-order valence-electron chi connectivity index (χ4n) is 1.07. The molecule has 8 heteroatoms. The molecule has 4 nitrogen and oxygen atoms in total. The number of alkyl halides is 3. The van der Waals surface area contributed by atoms with Crippen molar-refractivity contribution in [1.82, 2.24) is 4.98 Å². The van der Waals surface area contributed by atoms with Gasteiger partial charge in [-0.3, -0.25) is 4.79 Å². The number of hydrogen-bond acceptors (Lipinski definition) is 4. The van der Waals surface area contributed by atoms with Crippen LogP contribution < -0.4 is 0 Å². The van der Waals surface area contributed by atoms with Crippen LogP contribution >= 0.6 is 11.8 Å². The lowest BCUT2D eigenvalue weighted by molar-refractivity contribution is -0.138. The van der Waals surface area contributed by atoms with Crippen LogP contribution in [0.1, 0.15) is 5.56 Å². The normalized spacial score (nSPS) is 13.3. The molecule has 0 aliphatic rings. The van der Waals surface area contributed by atoms with Crippen molar-refractivity contribution in [2.45, 2.75) is 16.5 Å². The van der Waals surface area contributed by atoms with E-state index >= 15 is 0 Å². The van der Waals surface area contributed by atoms with Gasteiger partial charge in [0.2, 0.25) is 0 Å². The van der Waals surface area contributed by atoms with E-state index in [-0.39, 0.29) is 11.6 Å². The molecule has 1 heterocycles. The van der Waals surface area contributed by atoms with Crippen molar-refractivity contribution in [3.8, 4) is 0 Å². The molecular weight excluding hydrogens is 271 g/mol. The zero-order valence-corrected chi connectivity index (χ0v) is 10.1. The number of carboxylic acid groups (broad SMARTS) is 1. The molecule has 0 amide bonds. The Kier molecular flexibility index (Phi) is 4.97. The maximum atomic E-state index is 12.3. The number of ether oxygens (including phenoxy) is 1. The Morgan fingerprint density at radius 1 is 1.56 bits per heavy atom. The highest BCUT2D eigenvalue weighted by Crippen LogP contribution is 2.30. The highest BCUT2D eigenvalue weighted by molar-refractivity contribution is 8.00. The summed E-state index contributed by atoms with van der Waals surface area (Å²) in [6.07, 6.45) is -3.77. The molecule has 0 radical (unpaired) electrons. The number of carboxylic acids is 1. The second kappa shape index (κ2) is 6.05. The van der Waals surface area contributed by atoms with Gasteiger partial charge in [0.15, 0.2) is 0 Å². The largest absolute Gasteiger partial charge is 0.480 e. The lowest BCUT2D eigenvalue weighted by Crippen LogP contribution is -2.21. The number of rotatable bonds is 5. The standard InChI is InChI=1S/C10H10F3NO3S/c1-17-5-7(9(15)16)18-8-3-2-6(4-14-8)10(11,12)13/h2-4,7H,5H2,1H3,(H,15,16). The Morgan fingerprint density at radius 2 is 2.22 bits per heavy atom. The molecule has 0 aliphatic carbocycles. The van der Waals surface area contributed by atoms with Crippen LogP contribution in [0.3, 0.4) is 0 Å². The van der Waals surface area contributed by atoms with Gasteiger partial charge in [-0.1, -0.05) is 11.8 Å². The number of carbonyl (C=O) groups is 1. The summed E-state index contributed by atoms with van der Waals surface area (Å²) >= 11 is 0.838. The quantitative estimate of drug-likeness (QED) is 0.839. The van der Waals surface area contributed by atoms with Crippen molar-refractivity contribution in [2.24, 2.45) is 0 Å². The molecule has 1 aromatic rings. The first kappa shape index (κ1) is 14.8. The highest BCUT2D eigenvalue weighted by Gasteiger charge is 2.31. The SMILES string of the molecule is COCC(Sc1ccc(C(F)(F)F)cn1)C(=O)O. The molecule has 0 aromatic carbocycles. The summed E-state index contributed by atoms with van der Waals surface area (Å²) in [5.74, 6) is -1.11. The van der Waals surface area contributed by atoms with Gasteiger partial charge in [-0.05, 0) is 12.1 Å². The zero-order valence-electron chi connectivity index (χ0n) is 9.27. The molecular formula is C10H10F3NO3S. The molecule has 0 spiro atoms. The van der Waals surface area contributed by atoms with Crippen molar-refractivity contribution in [1.29, 1.82) is 0 Å². The number of aromatic nitrogens is 1. The maximum Gasteiger partial charge on any atom is 0.417 e. The van der Waals surface area contributed by atoms with Gasteiger partial charge in [-0.15, -0.1) is 0 Å². The molecule has 1 rings (SSSR count). The third kappa shape index (κ3) is 4.19. The fourth-order valence-corrected chi connectivity index (χ4v) is 1.93. The number of aliphatic carboxylic acids is 1. The van der Waals surface area contributed by atoms with Crippen molar-refractivity contribution >= 4 is 17.7 Å². The van der Waals surface area contributed by atoms with E-state index in [9.17, 15) is 18.0 Å². The van der Waals surface area contributed by atoms with Crippen LogP contribution in [0, 0.1) is 0 Å². The topological polar surface area (TPSA) is 59.4 Å².